The Kier molecular flexibility index (Phi) is 4.89. The van der Waals surface area contributed by atoms with Crippen molar-refractivity contribution in [3.05, 3.63) is 58.1 Å². The first kappa shape index (κ1) is 17.9. The zero-order chi connectivity index (χ0) is 18.1. The monoisotopic (exact) mass is 349 g/mol. The van der Waals surface area contributed by atoms with Crippen molar-refractivity contribution in [3.8, 4) is 0 Å². The predicted molar refractivity (Wildman–Crippen MR) is 90.8 cm³/mol. The van der Waals surface area contributed by atoms with E-state index in [2.05, 4.69) is 10.3 Å². The summed E-state index contributed by atoms with van der Waals surface area (Å²) >= 11 is 6.17. The number of primary amides is 1. The molecule has 0 aliphatic heterocycles. The van der Waals surface area contributed by atoms with Crippen molar-refractivity contribution in [2.45, 2.75) is 26.2 Å². The molecule has 0 aliphatic carbocycles. The van der Waals surface area contributed by atoms with Crippen LogP contribution in [0.2, 0.25) is 5.02 Å². The maximum absolute atomic E-state index is 13.5. The van der Waals surface area contributed by atoms with E-state index in [1.165, 1.54) is 24.4 Å². The Morgan fingerprint density at radius 1 is 1.25 bits per heavy atom. The summed E-state index contributed by atoms with van der Waals surface area (Å²) in [6.45, 7) is 5.72. The predicted octanol–water partition coefficient (Wildman–Crippen LogP) is 3.52. The van der Waals surface area contributed by atoms with E-state index in [4.69, 9.17) is 17.3 Å². The molecule has 0 atom stereocenters. The fourth-order valence-electron chi connectivity index (χ4n) is 2.21. The average Bonchev–Trinajstić information content (AvgIpc) is 2.47. The summed E-state index contributed by atoms with van der Waals surface area (Å²) < 4.78 is 13.5. The Morgan fingerprint density at radius 3 is 2.50 bits per heavy atom. The topological polar surface area (TPSA) is 85.1 Å². The maximum atomic E-state index is 13.5. The van der Waals surface area contributed by atoms with E-state index >= 15 is 0 Å². The summed E-state index contributed by atoms with van der Waals surface area (Å²) in [5, 5.41) is 2.85. The molecule has 7 heteroatoms. The van der Waals surface area contributed by atoms with Crippen LogP contribution in [0.4, 0.5) is 10.1 Å². The number of rotatable bonds is 3. The number of benzene rings is 1. The molecule has 2 aromatic rings. The van der Waals surface area contributed by atoms with Gasteiger partial charge >= 0.3 is 0 Å². The first-order valence-electron chi connectivity index (χ1n) is 7.17. The molecule has 24 heavy (non-hydrogen) atoms. The summed E-state index contributed by atoms with van der Waals surface area (Å²) in [5.74, 6) is -2.17. The third kappa shape index (κ3) is 3.71. The molecule has 0 saturated carbocycles. The Bertz CT molecular complexity index is 816. The minimum absolute atomic E-state index is 0.231. The first-order chi connectivity index (χ1) is 11.1. The number of halogens is 2. The van der Waals surface area contributed by atoms with E-state index in [0.717, 1.165) is 6.07 Å². The third-order valence-corrected chi connectivity index (χ3v) is 3.64. The number of nitrogens with one attached hydrogen (secondary N) is 1. The lowest BCUT2D eigenvalue weighted by Gasteiger charge is -2.21. The number of amides is 2. The molecule has 0 saturated heterocycles. The zero-order valence-corrected chi connectivity index (χ0v) is 14.2. The molecular weight excluding hydrogens is 333 g/mol. The van der Waals surface area contributed by atoms with Crippen molar-refractivity contribution in [2.24, 2.45) is 5.73 Å². The molecule has 0 bridgehead atoms. The third-order valence-electron chi connectivity index (χ3n) is 3.33. The molecule has 0 unspecified atom stereocenters. The second-order valence-corrected chi connectivity index (χ2v) is 6.69. The fourth-order valence-corrected chi connectivity index (χ4v) is 2.44. The van der Waals surface area contributed by atoms with Crippen LogP contribution >= 0.6 is 11.6 Å². The lowest BCUT2D eigenvalue weighted by Crippen LogP contribution is -2.23. The van der Waals surface area contributed by atoms with Gasteiger partial charge in [0.25, 0.3) is 11.8 Å². The van der Waals surface area contributed by atoms with Crippen LogP contribution in [0.15, 0.2) is 30.5 Å². The first-order valence-corrected chi connectivity index (χ1v) is 7.54. The van der Waals surface area contributed by atoms with Crippen molar-refractivity contribution in [1.29, 1.82) is 0 Å². The molecule has 1 heterocycles. The van der Waals surface area contributed by atoms with Gasteiger partial charge in [-0.15, -0.1) is 0 Å². The van der Waals surface area contributed by atoms with Gasteiger partial charge in [-0.05, 0) is 24.3 Å². The van der Waals surface area contributed by atoms with Gasteiger partial charge < -0.3 is 11.1 Å². The highest BCUT2D eigenvalue weighted by Crippen LogP contribution is 2.29. The van der Waals surface area contributed by atoms with Crippen LogP contribution in [0.25, 0.3) is 0 Å². The largest absolute Gasteiger partial charge is 0.366 e. The number of hydrogen-bond acceptors (Lipinski definition) is 3. The van der Waals surface area contributed by atoms with Crippen LogP contribution in [-0.4, -0.2) is 16.8 Å². The zero-order valence-electron chi connectivity index (χ0n) is 13.5. The lowest BCUT2D eigenvalue weighted by molar-refractivity contribution is 0.0992. The van der Waals surface area contributed by atoms with Gasteiger partial charge in [-0.3, -0.25) is 14.6 Å². The second-order valence-electron chi connectivity index (χ2n) is 6.28. The number of aromatic nitrogens is 1. The van der Waals surface area contributed by atoms with E-state index < -0.39 is 23.0 Å². The van der Waals surface area contributed by atoms with Crippen molar-refractivity contribution >= 4 is 29.1 Å². The van der Waals surface area contributed by atoms with Gasteiger partial charge in [-0.25, -0.2) is 4.39 Å². The van der Waals surface area contributed by atoms with E-state index in [9.17, 15) is 14.0 Å². The molecule has 0 radical (unpaired) electrons. The van der Waals surface area contributed by atoms with Gasteiger partial charge in [-0.1, -0.05) is 32.4 Å². The SMILES string of the molecule is CC(C)(C)c1nccc(Cl)c1C(=O)Nc1ccc(F)c(C(N)=O)c1. The van der Waals surface area contributed by atoms with Crippen molar-refractivity contribution < 1.29 is 14.0 Å². The minimum Gasteiger partial charge on any atom is -0.366 e. The molecule has 1 aromatic carbocycles. The van der Waals surface area contributed by atoms with E-state index in [0.29, 0.717) is 5.69 Å². The summed E-state index contributed by atoms with van der Waals surface area (Å²) in [7, 11) is 0. The van der Waals surface area contributed by atoms with E-state index in [1.807, 2.05) is 20.8 Å². The lowest BCUT2D eigenvalue weighted by atomic mass is 9.88. The fraction of sp³-hybridized carbons (Fsp3) is 0.235. The highest BCUT2D eigenvalue weighted by molar-refractivity contribution is 6.34. The molecular formula is C17H17ClFN3O2. The number of carbonyl (C=O) groups is 2. The van der Waals surface area contributed by atoms with Gasteiger partial charge in [0, 0.05) is 17.3 Å². The quantitative estimate of drug-likeness (QED) is 0.889. The van der Waals surface area contributed by atoms with Crippen molar-refractivity contribution in [2.75, 3.05) is 5.32 Å². The smallest absolute Gasteiger partial charge is 0.259 e. The standard InChI is InChI=1S/C17H17ClFN3O2/c1-17(2,3)14-13(11(18)6-7-21-14)16(24)22-9-4-5-12(19)10(8-9)15(20)23/h4-8H,1-3H3,(H2,20,23)(H,22,24). The van der Waals surface area contributed by atoms with Crippen LogP contribution in [-0.2, 0) is 5.41 Å². The van der Waals surface area contributed by atoms with Crippen molar-refractivity contribution in [3.63, 3.8) is 0 Å². The van der Waals surface area contributed by atoms with Crippen LogP contribution in [0, 0.1) is 5.82 Å². The number of nitrogens with two attached hydrogens (primary N) is 1. The average molecular weight is 350 g/mol. The molecule has 1 aromatic heterocycles. The van der Waals surface area contributed by atoms with Gasteiger partial charge in [0.1, 0.15) is 5.82 Å². The highest BCUT2D eigenvalue weighted by atomic mass is 35.5. The second kappa shape index (κ2) is 6.57. The molecule has 3 N–H and O–H groups in total. The van der Waals surface area contributed by atoms with Gasteiger partial charge in [0.2, 0.25) is 0 Å². The normalized spacial score (nSPS) is 11.2. The van der Waals surface area contributed by atoms with Crippen molar-refractivity contribution in [1.82, 2.24) is 4.98 Å². The maximum Gasteiger partial charge on any atom is 0.259 e. The molecule has 2 amide bonds. The molecule has 5 nitrogen and oxygen atoms in total. The molecule has 126 valence electrons. The summed E-state index contributed by atoms with van der Waals surface area (Å²) in [6, 6.07) is 5.09. The van der Waals surface area contributed by atoms with Gasteiger partial charge in [-0.2, -0.15) is 0 Å². The molecule has 0 aliphatic rings. The van der Waals surface area contributed by atoms with E-state index in [1.54, 1.807) is 0 Å². The van der Waals surface area contributed by atoms with Gasteiger partial charge in [0.15, 0.2) is 0 Å². The minimum atomic E-state index is -0.918. The Balaban J connectivity index is 2.42. The summed E-state index contributed by atoms with van der Waals surface area (Å²) in [6.07, 6.45) is 1.53. The number of pyridine rings is 1. The van der Waals surface area contributed by atoms with Crippen LogP contribution in [0.5, 0.6) is 0 Å². The summed E-state index contributed by atoms with van der Waals surface area (Å²) in [4.78, 5) is 28.1. The number of nitrogens with zero attached hydrogens (tertiary/aromatic N) is 1. The number of hydrogen-bond donors (Lipinski definition) is 2. The van der Waals surface area contributed by atoms with Crippen LogP contribution in [0.3, 0.4) is 0 Å². The Labute approximate surface area is 144 Å². The number of anilines is 1. The van der Waals surface area contributed by atoms with Gasteiger partial charge in [0.05, 0.1) is 21.8 Å². The molecule has 2 rings (SSSR count). The van der Waals surface area contributed by atoms with Crippen LogP contribution < -0.4 is 11.1 Å². The summed E-state index contributed by atoms with van der Waals surface area (Å²) in [5.41, 5.74) is 5.40. The molecule has 0 spiro atoms. The molecule has 0 fully saturated rings. The Hall–Kier alpha value is -2.47. The number of carbonyl (C=O) groups excluding carboxylic acids is 2. The van der Waals surface area contributed by atoms with E-state index in [-0.39, 0.29) is 21.8 Å². The highest BCUT2D eigenvalue weighted by Gasteiger charge is 2.26. The Morgan fingerprint density at radius 2 is 1.92 bits per heavy atom. The van der Waals surface area contributed by atoms with Crippen LogP contribution in [0.1, 0.15) is 47.2 Å².